The summed E-state index contributed by atoms with van der Waals surface area (Å²) in [4.78, 5) is 10.2. The van der Waals surface area contributed by atoms with Gasteiger partial charge in [0.1, 0.15) is 0 Å². The average Bonchev–Trinajstić information content (AvgIpc) is 2.53. The van der Waals surface area contributed by atoms with Crippen molar-refractivity contribution in [1.82, 2.24) is 0 Å². The Morgan fingerprint density at radius 2 is 1.33 bits per heavy atom. The van der Waals surface area contributed by atoms with Crippen LogP contribution in [0.25, 0.3) is 0 Å². The summed E-state index contributed by atoms with van der Waals surface area (Å²) in [6.07, 6.45) is 21.6. The maximum absolute atomic E-state index is 10.2. The number of hydrogen-bond donors (Lipinski definition) is 1. The molecule has 0 aromatic carbocycles. The van der Waals surface area contributed by atoms with Crippen molar-refractivity contribution in [3.63, 3.8) is 0 Å². The van der Waals surface area contributed by atoms with Crippen molar-refractivity contribution in [3.8, 4) is 0 Å². The molecule has 1 atom stereocenters. The molecule has 0 radical (unpaired) electrons. The zero-order valence-corrected chi connectivity index (χ0v) is 17.8. The van der Waals surface area contributed by atoms with Gasteiger partial charge in [-0.25, -0.2) is 0 Å². The second-order valence-electron chi connectivity index (χ2n) is 6.19. The Labute approximate surface area is 170 Å². The topological polar surface area (TPSA) is 60.4 Å². The van der Waals surface area contributed by atoms with Crippen LogP contribution in [0.15, 0.2) is 24.3 Å². The Bertz CT molecular complexity index is 327. The Kier molecular flexibility index (Phi) is 22.8. The maximum atomic E-state index is 10.2. The van der Waals surface area contributed by atoms with Crippen molar-refractivity contribution < 1.29 is 44.6 Å². The molecule has 0 aromatic rings. The summed E-state index contributed by atoms with van der Waals surface area (Å²) < 4.78 is 0. The summed E-state index contributed by atoms with van der Waals surface area (Å²) >= 11 is 0. The van der Waals surface area contributed by atoms with E-state index in [-0.39, 0.29) is 42.1 Å². The third-order valence-corrected chi connectivity index (χ3v) is 3.96. The van der Waals surface area contributed by atoms with E-state index < -0.39 is 5.97 Å². The van der Waals surface area contributed by atoms with Gasteiger partial charge in [0.25, 0.3) is 0 Å². The first-order valence-electron chi connectivity index (χ1n) is 9.34. The summed E-state index contributed by atoms with van der Waals surface area (Å²) in [5, 5.41) is 19.6. The Balaban J connectivity index is 0. The minimum absolute atomic E-state index is 0. The predicted molar refractivity (Wildman–Crippen MR) is 95.0 cm³/mol. The van der Waals surface area contributed by atoms with Gasteiger partial charge in [0.15, 0.2) is 0 Å². The third kappa shape index (κ3) is 21.9. The van der Waals surface area contributed by atoms with Gasteiger partial charge in [0.05, 0.1) is 6.10 Å². The number of carbonyl (C=O) groups is 1. The molecule has 0 bridgehead atoms. The van der Waals surface area contributed by atoms with Gasteiger partial charge >= 0.3 is 29.6 Å². The molecule has 0 rings (SSSR count). The fourth-order valence-electron chi connectivity index (χ4n) is 2.38. The fraction of sp³-hybridized carbons (Fsp3) is 0.750. The molecule has 0 fully saturated rings. The molecule has 0 aliphatic carbocycles. The molecule has 1 unspecified atom stereocenters. The van der Waals surface area contributed by atoms with Gasteiger partial charge in [-0.1, -0.05) is 50.5 Å². The number of allylic oxidation sites excluding steroid dienone is 4. The van der Waals surface area contributed by atoms with Crippen LogP contribution in [-0.2, 0) is 4.79 Å². The van der Waals surface area contributed by atoms with Crippen LogP contribution in [-0.4, -0.2) is 17.2 Å². The van der Waals surface area contributed by atoms with Gasteiger partial charge in [-0.15, -0.1) is 0 Å². The number of aliphatic hydroxyl groups excluding tert-OH is 1. The molecule has 0 aliphatic heterocycles. The SMILES string of the molecule is CCC(O)CC/C=C\CCCCCCC/C=C\CCCC(=O)[O-].[Na+]. The molecule has 3 nitrogen and oxygen atoms in total. The molecule has 4 heteroatoms. The summed E-state index contributed by atoms with van der Waals surface area (Å²) in [7, 11) is 0. The van der Waals surface area contributed by atoms with Crippen molar-refractivity contribution >= 4 is 5.97 Å². The van der Waals surface area contributed by atoms with Crippen LogP contribution >= 0.6 is 0 Å². The van der Waals surface area contributed by atoms with E-state index >= 15 is 0 Å². The molecular formula is C20H35NaO3. The summed E-state index contributed by atoms with van der Waals surface area (Å²) in [5.41, 5.74) is 0. The molecule has 1 N–H and O–H groups in total. The molecular weight excluding hydrogens is 311 g/mol. The fourth-order valence-corrected chi connectivity index (χ4v) is 2.38. The standard InChI is InChI=1S/C20H36O3.Na/c1-2-19(21)17-15-13-11-9-7-5-3-4-6-8-10-12-14-16-18-20(22)23;/h10-13,19,21H,2-9,14-18H2,1H3,(H,22,23);/q;+1/p-1/b12-10-,13-11-;. The summed E-state index contributed by atoms with van der Waals surface area (Å²) in [6, 6.07) is 0. The smallest absolute Gasteiger partial charge is 0.550 e. The second kappa shape index (κ2) is 21.0. The first-order chi connectivity index (χ1) is 11.2. The second-order valence-corrected chi connectivity index (χ2v) is 6.19. The number of aliphatic carboxylic acids is 1. The van der Waals surface area contributed by atoms with Crippen molar-refractivity contribution in [2.75, 3.05) is 0 Å². The monoisotopic (exact) mass is 346 g/mol. The van der Waals surface area contributed by atoms with Gasteiger partial charge in [-0.05, 0) is 64.2 Å². The van der Waals surface area contributed by atoms with Gasteiger partial charge in [0, 0.05) is 5.97 Å². The molecule has 0 saturated carbocycles. The van der Waals surface area contributed by atoms with E-state index in [1.54, 1.807) is 0 Å². The van der Waals surface area contributed by atoms with E-state index in [0.29, 0.717) is 6.42 Å². The van der Waals surface area contributed by atoms with Gasteiger partial charge < -0.3 is 15.0 Å². The summed E-state index contributed by atoms with van der Waals surface area (Å²) in [6.45, 7) is 2.02. The Hall–Kier alpha value is -0.0900. The Morgan fingerprint density at radius 3 is 1.83 bits per heavy atom. The largest absolute Gasteiger partial charge is 1.00 e. The third-order valence-electron chi connectivity index (χ3n) is 3.96. The molecule has 24 heavy (non-hydrogen) atoms. The van der Waals surface area contributed by atoms with Crippen LogP contribution < -0.4 is 34.7 Å². The summed E-state index contributed by atoms with van der Waals surface area (Å²) in [5.74, 6) is -0.952. The molecule has 134 valence electrons. The van der Waals surface area contributed by atoms with E-state index in [2.05, 4.69) is 24.3 Å². The normalized spacial score (nSPS) is 12.6. The number of aliphatic hydroxyl groups is 1. The van der Waals surface area contributed by atoms with Crippen LogP contribution in [0.1, 0.15) is 90.4 Å². The van der Waals surface area contributed by atoms with E-state index in [1.165, 1.54) is 32.1 Å². The van der Waals surface area contributed by atoms with Gasteiger partial charge in [-0.2, -0.15) is 0 Å². The van der Waals surface area contributed by atoms with Gasteiger partial charge in [0.2, 0.25) is 0 Å². The van der Waals surface area contributed by atoms with E-state index in [4.69, 9.17) is 0 Å². The zero-order chi connectivity index (χ0) is 17.2. The minimum Gasteiger partial charge on any atom is -0.550 e. The maximum Gasteiger partial charge on any atom is 1.00 e. The number of unbranched alkanes of at least 4 members (excludes halogenated alkanes) is 7. The van der Waals surface area contributed by atoms with Crippen LogP contribution in [0.4, 0.5) is 0 Å². The molecule has 0 spiro atoms. The molecule has 0 amide bonds. The average molecular weight is 346 g/mol. The molecule has 0 aromatic heterocycles. The first kappa shape index (κ1) is 26.1. The number of carbonyl (C=O) groups excluding carboxylic acids is 1. The van der Waals surface area contributed by atoms with Crippen molar-refractivity contribution in [3.05, 3.63) is 24.3 Å². The van der Waals surface area contributed by atoms with Gasteiger partial charge in [-0.3, -0.25) is 0 Å². The van der Waals surface area contributed by atoms with E-state index in [9.17, 15) is 15.0 Å². The van der Waals surface area contributed by atoms with Crippen LogP contribution in [0.2, 0.25) is 0 Å². The minimum atomic E-state index is -0.952. The van der Waals surface area contributed by atoms with Crippen LogP contribution in [0, 0.1) is 0 Å². The molecule has 0 heterocycles. The molecule has 0 saturated heterocycles. The van der Waals surface area contributed by atoms with Crippen LogP contribution in [0.5, 0.6) is 0 Å². The molecule has 0 aliphatic rings. The van der Waals surface area contributed by atoms with Crippen LogP contribution in [0.3, 0.4) is 0 Å². The number of carboxylic acids is 1. The zero-order valence-electron chi connectivity index (χ0n) is 15.8. The Morgan fingerprint density at radius 1 is 0.875 bits per heavy atom. The number of carboxylic acid groups (broad SMARTS) is 1. The quantitative estimate of drug-likeness (QED) is 0.260. The van der Waals surface area contributed by atoms with E-state index in [1.807, 2.05) is 6.92 Å². The number of hydrogen-bond acceptors (Lipinski definition) is 3. The van der Waals surface area contributed by atoms with Crippen molar-refractivity contribution in [2.45, 2.75) is 96.5 Å². The predicted octanol–water partition coefficient (Wildman–Crippen LogP) is 1.30. The van der Waals surface area contributed by atoms with E-state index in [0.717, 1.165) is 38.5 Å². The first-order valence-corrected chi connectivity index (χ1v) is 9.34. The van der Waals surface area contributed by atoms with Crippen molar-refractivity contribution in [2.24, 2.45) is 0 Å². The van der Waals surface area contributed by atoms with Crippen molar-refractivity contribution in [1.29, 1.82) is 0 Å². The number of rotatable bonds is 16.